The summed E-state index contributed by atoms with van der Waals surface area (Å²) in [5.74, 6) is -0.298. The summed E-state index contributed by atoms with van der Waals surface area (Å²) in [6.07, 6.45) is 4.62. The van der Waals surface area contributed by atoms with E-state index in [-0.39, 0.29) is 18.4 Å². The number of rotatable bonds is 4. The van der Waals surface area contributed by atoms with Crippen LogP contribution in [-0.4, -0.2) is 41.6 Å². The Kier molecular flexibility index (Phi) is 5.98. The number of hydrogen-bond donors (Lipinski definition) is 1. The third-order valence-corrected chi connectivity index (χ3v) is 4.10. The van der Waals surface area contributed by atoms with Gasteiger partial charge in [0.1, 0.15) is 0 Å². The molecular weight excluding hydrogens is 290 g/mol. The standard InChI is InChI=1S/C14H21N3O3S/c1-2-20-12(18)9-11-10-21-13(15-11)16-14(19)17-7-5-3-4-6-8-17/h10H,2-9H2,1H3,(H,15,16,19). The fourth-order valence-corrected chi connectivity index (χ4v) is 2.95. The van der Waals surface area contributed by atoms with E-state index in [0.29, 0.717) is 17.4 Å². The van der Waals surface area contributed by atoms with Crippen LogP contribution in [0.5, 0.6) is 0 Å². The zero-order valence-corrected chi connectivity index (χ0v) is 13.1. The van der Waals surface area contributed by atoms with Crippen molar-refractivity contribution >= 4 is 28.5 Å². The van der Waals surface area contributed by atoms with Crippen molar-refractivity contribution in [3.8, 4) is 0 Å². The minimum Gasteiger partial charge on any atom is -0.466 e. The van der Waals surface area contributed by atoms with E-state index in [4.69, 9.17) is 4.74 Å². The van der Waals surface area contributed by atoms with Gasteiger partial charge < -0.3 is 9.64 Å². The molecule has 2 heterocycles. The summed E-state index contributed by atoms with van der Waals surface area (Å²) in [6, 6.07) is -0.103. The average Bonchev–Trinajstić information content (AvgIpc) is 2.73. The number of anilines is 1. The second-order valence-corrected chi connectivity index (χ2v) is 5.82. The molecule has 0 bridgehead atoms. The van der Waals surface area contributed by atoms with Crippen LogP contribution in [0, 0.1) is 0 Å². The lowest BCUT2D eigenvalue weighted by Gasteiger charge is -2.19. The number of ether oxygens (including phenoxy) is 1. The summed E-state index contributed by atoms with van der Waals surface area (Å²) in [4.78, 5) is 29.6. The highest BCUT2D eigenvalue weighted by Gasteiger charge is 2.17. The fraction of sp³-hybridized carbons (Fsp3) is 0.643. The first kappa shape index (κ1) is 15.8. The van der Waals surface area contributed by atoms with E-state index in [1.807, 2.05) is 4.90 Å². The molecular formula is C14H21N3O3S. The number of carbonyl (C=O) groups excluding carboxylic acids is 2. The first-order chi connectivity index (χ1) is 10.2. The molecule has 0 aromatic carbocycles. The lowest BCUT2D eigenvalue weighted by Crippen LogP contribution is -2.35. The van der Waals surface area contributed by atoms with Crippen molar-refractivity contribution < 1.29 is 14.3 Å². The maximum atomic E-state index is 12.1. The molecule has 0 saturated carbocycles. The normalized spacial score (nSPS) is 15.4. The van der Waals surface area contributed by atoms with E-state index in [0.717, 1.165) is 25.9 Å². The van der Waals surface area contributed by atoms with Crippen molar-refractivity contribution in [2.24, 2.45) is 0 Å². The van der Waals surface area contributed by atoms with Crippen LogP contribution < -0.4 is 5.32 Å². The average molecular weight is 311 g/mol. The predicted octanol–water partition coefficient (Wildman–Crippen LogP) is 2.66. The Hall–Kier alpha value is -1.63. The maximum Gasteiger partial charge on any atom is 0.323 e. The molecule has 1 N–H and O–H groups in total. The maximum absolute atomic E-state index is 12.1. The molecule has 1 aromatic heterocycles. The number of carbonyl (C=O) groups is 2. The summed E-state index contributed by atoms with van der Waals surface area (Å²) in [7, 11) is 0. The van der Waals surface area contributed by atoms with E-state index in [2.05, 4.69) is 10.3 Å². The molecule has 1 fully saturated rings. The number of likely N-dealkylation sites (tertiary alicyclic amines) is 1. The summed E-state index contributed by atoms with van der Waals surface area (Å²) in [5.41, 5.74) is 0.629. The number of nitrogens with zero attached hydrogens (tertiary/aromatic N) is 2. The van der Waals surface area contributed by atoms with Crippen molar-refractivity contribution in [3.63, 3.8) is 0 Å². The van der Waals surface area contributed by atoms with Gasteiger partial charge in [-0.3, -0.25) is 10.1 Å². The zero-order chi connectivity index (χ0) is 15.1. The van der Waals surface area contributed by atoms with Crippen LogP contribution in [0.2, 0.25) is 0 Å². The number of hydrogen-bond acceptors (Lipinski definition) is 5. The molecule has 7 heteroatoms. The number of esters is 1. The van der Waals surface area contributed by atoms with Gasteiger partial charge in [0.2, 0.25) is 0 Å². The van der Waals surface area contributed by atoms with Crippen LogP contribution in [0.3, 0.4) is 0 Å². The number of aromatic nitrogens is 1. The molecule has 0 unspecified atom stereocenters. The van der Waals surface area contributed by atoms with Crippen molar-refractivity contribution in [1.82, 2.24) is 9.88 Å². The van der Waals surface area contributed by atoms with Gasteiger partial charge in [0.05, 0.1) is 18.7 Å². The van der Waals surface area contributed by atoms with Crippen LogP contribution in [0.1, 0.15) is 38.3 Å². The van der Waals surface area contributed by atoms with Crippen LogP contribution in [0.25, 0.3) is 0 Å². The van der Waals surface area contributed by atoms with Crippen LogP contribution in [0.15, 0.2) is 5.38 Å². The van der Waals surface area contributed by atoms with Gasteiger partial charge in [0.15, 0.2) is 5.13 Å². The Bertz CT molecular complexity index is 482. The minimum absolute atomic E-state index is 0.103. The molecule has 1 aromatic rings. The molecule has 1 aliphatic heterocycles. The highest BCUT2D eigenvalue weighted by molar-refractivity contribution is 7.13. The van der Waals surface area contributed by atoms with Gasteiger partial charge in [-0.25, -0.2) is 9.78 Å². The first-order valence-corrected chi connectivity index (χ1v) is 8.23. The van der Waals surface area contributed by atoms with E-state index in [9.17, 15) is 9.59 Å². The van der Waals surface area contributed by atoms with Gasteiger partial charge in [-0.2, -0.15) is 0 Å². The molecule has 21 heavy (non-hydrogen) atoms. The summed E-state index contributed by atoms with van der Waals surface area (Å²) in [5, 5.41) is 5.11. The summed E-state index contributed by atoms with van der Waals surface area (Å²) >= 11 is 1.33. The Labute approximate surface area is 128 Å². The highest BCUT2D eigenvalue weighted by Crippen LogP contribution is 2.18. The molecule has 0 aliphatic carbocycles. The number of thiazole rings is 1. The lowest BCUT2D eigenvalue weighted by molar-refractivity contribution is -0.142. The highest BCUT2D eigenvalue weighted by atomic mass is 32.1. The lowest BCUT2D eigenvalue weighted by atomic mass is 10.2. The molecule has 6 nitrogen and oxygen atoms in total. The molecule has 116 valence electrons. The molecule has 2 amide bonds. The minimum atomic E-state index is -0.298. The van der Waals surface area contributed by atoms with E-state index >= 15 is 0 Å². The molecule has 2 rings (SSSR count). The summed E-state index contributed by atoms with van der Waals surface area (Å²) < 4.78 is 4.88. The van der Waals surface area contributed by atoms with Crippen molar-refractivity contribution in [2.75, 3.05) is 25.0 Å². The smallest absolute Gasteiger partial charge is 0.323 e. The fourth-order valence-electron chi connectivity index (χ4n) is 2.25. The van der Waals surface area contributed by atoms with Gasteiger partial charge in [-0.15, -0.1) is 11.3 Å². The quantitative estimate of drug-likeness (QED) is 0.868. The summed E-state index contributed by atoms with van der Waals surface area (Å²) in [6.45, 7) is 3.73. The first-order valence-electron chi connectivity index (χ1n) is 7.35. The zero-order valence-electron chi connectivity index (χ0n) is 12.3. The monoisotopic (exact) mass is 311 g/mol. The molecule has 1 saturated heterocycles. The van der Waals surface area contributed by atoms with E-state index in [1.165, 1.54) is 24.2 Å². The number of urea groups is 1. The SMILES string of the molecule is CCOC(=O)Cc1csc(NC(=O)N2CCCCCC2)n1. The largest absolute Gasteiger partial charge is 0.466 e. The Morgan fingerprint density at radius 1 is 1.33 bits per heavy atom. The third kappa shape index (κ3) is 5.00. The molecule has 0 radical (unpaired) electrons. The van der Waals surface area contributed by atoms with Crippen LogP contribution >= 0.6 is 11.3 Å². The van der Waals surface area contributed by atoms with Gasteiger partial charge >= 0.3 is 12.0 Å². The van der Waals surface area contributed by atoms with Crippen molar-refractivity contribution in [2.45, 2.75) is 39.0 Å². The predicted molar refractivity (Wildman–Crippen MR) is 81.5 cm³/mol. The molecule has 0 spiro atoms. The van der Waals surface area contributed by atoms with Crippen molar-refractivity contribution in [1.29, 1.82) is 0 Å². The topological polar surface area (TPSA) is 71.5 Å². The van der Waals surface area contributed by atoms with E-state index < -0.39 is 0 Å². The third-order valence-electron chi connectivity index (χ3n) is 3.29. The molecule has 1 aliphatic rings. The Balaban J connectivity index is 1.86. The van der Waals surface area contributed by atoms with Crippen molar-refractivity contribution in [3.05, 3.63) is 11.1 Å². The number of amides is 2. The van der Waals surface area contributed by atoms with E-state index in [1.54, 1.807) is 12.3 Å². The van der Waals surface area contributed by atoms with Gasteiger partial charge in [0, 0.05) is 18.5 Å². The van der Waals surface area contributed by atoms with Crippen LogP contribution in [0.4, 0.5) is 9.93 Å². The van der Waals surface area contributed by atoms with Gasteiger partial charge in [0.25, 0.3) is 0 Å². The number of nitrogens with one attached hydrogen (secondary N) is 1. The van der Waals surface area contributed by atoms with Gasteiger partial charge in [-0.1, -0.05) is 12.8 Å². The molecule has 0 atom stereocenters. The second-order valence-electron chi connectivity index (χ2n) is 4.96. The Morgan fingerprint density at radius 3 is 2.71 bits per heavy atom. The van der Waals surface area contributed by atoms with Gasteiger partial charge in [-0.05, 0) is 19.8 Å². The Morgan fingerprint density at radius 2 is 2.05 bits per heavy atom. The second kappa shape index (κ2) is 7.97. The van der Waals surface area contributed by atoms with Crippen LogP contribution in [-0.2, 0) is 16.0 Å².